The molecule has 1 aliphatic rings. The first-order chi connectivity index (χ1) is 10.0. The Morgan fingerprint density at radius 3 is 2.57 bits per heavy atom. The highest BCUT2D eigenvalue weighted by atomic mass is 32.2. The number of unbranched alkanes of at least 4 members (excludes halogenated alkanes) is 1. The smallest absolute Gasteiger partial charge is 0.227 e. The lowest BCUT2D eigenvalue weighted by Crippen LogP contribution is -2.51. The van der Waals surface area contributed by atoms with Crippen LogP contribution in [0.4, 0.5) is 0 Å². The van der Waals surface area contributed by atoms with E-state index in [1.54, 1.807) is 16.2 Å². The van der Waals surface area contributed by atoms with E-state index in [4.69, 9.17) is 0 Å². The Morgan fingerprint density at radius 1 is 1.29 bits per heavy atom. The summed E-state index contributed by atoms with van der Waals surface area (Å²) >= 11 is 1.58. The van der Waals surface area contributed by atoms with Crippen molar-refractivity contribution >= 4 is 27.3 Å². The molecule has 0 unspecified atom stereocenters. The van der Waals surface area contributed by atoms with Crippen molar-refractivity contribution in [3.63, 3.8) is 0 Å². The molecular formula is C14H22N2O3S2. The summed E-state index contributed by atoms with van der Waals surface area (Å²) in [6.07, 6.45) is 1.98. The van der Waals surface area contributed by atoms with E-state index in [1.165, 1.54) is 4.31 Å². The van der Waals surface area contributed by atoms with Gasteiger partial charge in [0.05, 0.1) is 12.2 Å². The summed E-state index contributed by atoms with van der Waals surface area (Å²) in [6.45, 7) is 3.81. The average molecular weight is 330 g/mol. The summed E-state index contributed by atoms with van der Waals surface area (Å²) in [5.74, 6) is 0.301. The quantitative estimate of drug-likeness (QED) is 0.795. The number of carbonyl (C=O) groups excluding carboxylic acids is 1. The molecule has 0 atom stereocenters. The summed E-state index contributed by atoms with van der Waals surface area (Å²) < 4.78 is 25.7. The Bertz CT molecular complexity index is 547. The standard InChI is InChI=1S/C14H22N2O3S2/c1-2-3-11-21(18,19)16-8-6-15(7-9-16)14(17)12-13-5-4-10-20-13/h4-5,10H,2-3,6-9,11-12H2,1H3. The number of hydrogen-bond acceptors (Lipinski definition) is 4. The Hall–Kier alpha value is -0.920. The molecule has 2 heterocycles. The minimum absolute atomic E-state index is 0.0862. The van der Waals surface area contributed by atoms with Crippen LogP contribution in [0.2, 0.25) is 0 Å². The van der Waals surface area contributed by atoms with Gasteiger partial charge in [-0.3, -0.25) is 4.79 Å². The molecule has 118 valence electrons. The molecule has 1 fully saturated rings. The zero-order valence-corrected chi connectivity index (χ0v) is 14.0. The normalized spacial score (nSPS) is 17.1. The lowest BCUT2D eigenvalue weighted by Gasteiger charge is -2.34. The van der Waals surface area contributed by atoms with Crippen LogP contribution in [0.3, 0.4) is 0 Å². The summed E-state index contributed by atoms with van der Waals surface area (Å²) in [6, 6.07) is 3.89. The van der Waals surface area contributed by atoms with Gasteiger partial charge in [0.25, 0.3) is 0 Å². The largest absolute Gasteiger partial charge is 0.340 e. The molecule has 0 saturated carbocycles. The van der Waals surface area contributed by atoms with Crippen LogP contribution in [0.25, 0.3) is 0 Å². The van der Waals surface area contributed by atoms with Gasteiger partial charge in [-0.2, -0.15) is 4.31 Å². The van der Waals surface area contributed by atoms with Crippen molar-refractivity contribution in [3.05, 3.63) is 22.4 Å². The van der Waals surface area contributed by atoms with Gasteiger partial charge in [0.15, 0.2) is 0 Å². The molecule has 1 amide bonds. The number of rotatable bonds is 6. The fourth-order valence-corrected chi connectivity index (χ4v) is 4.67. The van der Waals surface area contributed by atoms with Crippen molar-refractivity contribution in [1.82, 2.24) is 9.21 Å². The highest BCUT2D eigenvalue weighted by molar-refractivity contribution is 7.89. The second kappa shape index (κ2) is 7.38. The minimum atomic E-state index is -3.15. The summed E-state index contributed by atoms with van der Waals surface area (Å²) in [5, 5.41) is 1.96. The fourth-order valence-electron chi connectivity index (χ4n) is 2.35. The fraction of sp³-hybridized carbons (Fsp3) is 0.643. The topological polar surface area (TPSA) is 57.7 Å². The molecule has 7 heteroatoms. The van der Waals surface area contributed by atoms with Gasteiger partial charge in [0.1, 0.15) is 0 Å². The van der Waals surface area contributed by atoms with Crippen molar-refractivity contribution in [2.75, 3.05) is 31.9 Å². The highest BCUT2D eigenvalue weighted by Crippen LogP contribution is 2.14. The first kappa shape index (κ1) is 16.5. The van der Waals surface area contributed by atoms with Gasteiger partial charge in [-0.15, -0.1) is 11.3 Å². The van der Waals surface area contributed by atoms with Gasteiger partial charge in [-0.05, 0) is 17.9 Å². The molecule has 0 aliphatic carbocycles. The van der Waals surface area contributed by atoms with Gasteiger partial charge in [-0.1, -0.05) is 19.4 Å². The average Bonchev–Trinajstić information content (AvgIpc) is 2.98. The van der Waals surface area contributed by atoms with Crippen molar-refractivity contribution in [3.8, 4) is 0 Å². The summed E-state index contributed by atoms with van der Waals surface area (Å²) in [4.78, 5) is 15.0. The predicted octanol–water partition coefficient (Wildman–Crippen LogP) is 1.56. The highest BCUT2D eigenvalue weighted by Gasteiger charge is 2.28. The maximum Gasteiger partial charge on any atom is 0.227 e. The molecule has 21 heavy (non-hydrogen) atoms. The van der Waals surface area contributed by atoms with E-state index >= 15 is 0 Å². The number of sulfonamides is 1. The van der Waals surface area contributed by atoms with E-state index in [0.717, 1.165) is 11.3 Å². The van der Waals surface area contributed by atoms with Gasteiger partial charge in [0, 0.05) is 31.1 Å². The Labute approximate surface area is 130 Å². The lowest BCUT2D eigenvalue weighted by molar-refractivity contribution is -0.131. The molecule has 1 aromatic heterocycles. The van der Waals surface area contributed by atoms with Crippen LogP contribution in [-0.2, 0) is 21.2 Å². The number of nitrogens with zero attached hydrogens (tertiary/aromatic N) is 2. The number of piperazine rings is 1. The van der Waals surface area contributed by atoms with Crippen LogP contribution in [0.1, 0.15) is 24.6 Å². The zero-order chi connectivity index (χ0) is 15.3. The van der Waals surface area contributed by atoms with E-state index < -0.39 is 10.0 Å². The molecule has 2 rings (SSSR count). The third-order valence-corrected chi connectivity index (χ3v) is 6.48. The van der Waals surface area contributed by atoms with Gasteiger partial charge in [-0.25, -0.2) is 8.42 Å². The van der Waals surface area contributed by atoms with Crippen LogP contribution in [0, 0.1) is 0 Å². The molecule has 0 spiro atoms. The summed E-state index contributed by atoms with van der Waals surface area (Å²) in [7, 11) is -3.15. The Balaban J connectivity index is 1.84. The van der Waals surface area contributed by atoms with E-state index in [9.17, 15) is 13.2 Å². The second-order valence-electron chi connectivity index (χ2n) is 5.21. The first-order valence-corrected chi connectivity index (χ1v) is 9.80. The third kappa shape index (κ3) is 4.52. The molecule has 0 N–H and O–H groups in total. The molecule has 0 bridgehead atoms. The van der Waals surface area contributed by atoms with Gasteiger partial charge in [0.2, 0.25) is 15.9 Å². The Morgan fingerprint density at radius 2 is 2.00 bits per heavy atom. The maximum absolute atomic E-state index is 12.2. The lowest BCUT2D eigenvalue weighted by atomic mass is 10.3. The van der Waals surface area contributed by atoms with Crippen LogP contribution in [-0.4, -0.2) is 55.5 Å². The van der Waals surface area contributed by atoms with Crippen LogP contribution in [0.5, 0.6) is 0 Å². The van der Waals surface area contributed by atoms with E-state index in [-0.39, 0.29) is 11.7 Å². The predicted molar refractivity (Wildman–Crippen MR) is 84.9 cm³/mol. The number of amides is 1. The molecule has 5 nitrogen and oxygen atoms in total. The molecule has 1 saturated heterocycles. The molecule has 0 aromatic carbocycles. The van der Waals surface area contributed by atoms with E-state index in [2.05, 4.69) is 0 Å². The van der Waals surface area contributed by atoms with Crippen molar-refractivity contribution in [2.45, 2.75) is 26.2 Å². The van der Waals surface area contributed by atoms with Crippen molar-refractivity contribution in [1.29, 1.82) is 0 Å². The molecule has 1 aromatic rings. The maximum atomic E-state index is 12.2. The van der Waals surface area contributed by atoms with E-state index in [1.807, 2.05) is 24.4 Å². The second-order valence-corrected chi connectivity index (χ2v) is 8.33. The monoisotopic (exact) mass is 330 g/mol. The molecular weight excluding hydrogens is 308 g/mol. The minimum Gasteiger partial charge on any atom is -0.340 e. The van der Waals surface area contributed by atoms with Crippen molar-refractivity contribution < 1.29 is 13.2 Å². The number of hydrogen-bond donors (Lipinski definition) is 0. The first-order valence-electron chi connectivity index (χ1n) is 7.31. The zero-order valence-electron chi connectivity index (χ0n) is 12.3. The third-order valence-electron chi connectivity index (χ3n) is 3.65. The van der Waals surface area contributed by atoms with Crippen LogP contribution >= 0.6 is 11.3 Å². The van der Waals surface area contributed by atoms with Gasteiger partial charge >= 0.3 is 0 Å². The summed E-state index contributed by atoms with van der Waals surface area (Å²) in [5.41, 5.74) is 0. The van der Waals surface area contributed by atoms with Crippen LogP contribution in [0.15, 0.2) is 17.5 Å². The van der Waals surface area contributed by atoms with Gasteiger partial charge < -0.3 is 4.90 Å². The van der Waals surface area contributed by atoms with Crippen molar-refractivity contribution in [2.24, 2.45) is 0 Å². The van der Waals surface area contributed by atoms with E-state index in [0.29, 0.717) is 39.0 Å². The Kier molecular flexibility index (Phi) is 5.78. The SMILES string of the molecule is CCCCS(=O)(=O)N1CCN(C(=O)Cc2cccs2)CC1. The number of thiophene rings is 1. The molecule has 0 radical (unpaired) electrons. The van der Waals surface area contributed by atoms with Crippen LogP contribution < -0.4 is 0 Å². The number of carbonyl (C=O) groups is 1. The molecule has 1 aliphatic heterocycles.